The summed E-state index contributed by atoms with van der Waals surface area (Å²) in [6, 6.07) is 34.1. The molecule has 0 unspecified atom stereocenters. The molecular formula is C28H20O2. The molecule has 5 rings (SSSR count). The highest BCUT2D eigenvalue weighted by molar-refractivity contribution is 6.03. The molecule has 0 bridgehead atoms. The number of hydrogen-bond donors (Lipinski definition) is 1. The van der Waals surface area contributed by atoms with Crippen molar-refractivity contribution in [1.82, 2.24) is 0 Å². The molecule has 5 aromatic rings. The molecule has 1 N–H and O–H groups in total. The predicted octanol–water partition coefficient (Wildman–Crippen LogP) is 7.64. The van der Waals surface area contributed by atoms with Crippen molar-refractivity contribution in [2.24, 2.45) is 0 Å². The Bertz CT molecular complexity index is 1320. The number of rotatable bonds is 4. The second kappa shape index (κ2) is 7.76. The Morgan fingerprint density at radius 2 is 1.23 bits per heavy atom. The molecule has 4 aromatic carbocycles. The highest BCUT2D eigenvalue weighted by Crippen LogP contribution is 2.42. The molecule has 0 radical (unpaired) electrons. The maximum Gasteiger partial charge on any atom is 0.143 e. The largest absolute Gasteiger partial charge is 0.507 e. The maximum atomic E-state index is 10.6. The third-order valence-electron chi connectivity index (χ3n) is 5.19. The Morgan fingerprint density at radius 1 is 0.633 bits per heavy atom. The number of benzene rings is 4. The molecule has 0 spiro atoms. The van der Waals surface area contributed by atoms with Crippen LogP contribution in [0, 0.1) is 0 Å². The number of hydrogen-bond acceptors (Lipinski definition) is 2. The van der Waals surface area contributed by atoms with Gasteiger partial charge in [-0.15, -0.1) is 0 Å². The Kier molecular flexibility index (Phi) is 4.66. The number of phenolic OH excluding ortho intramolecular Hbond substituents is 1. The normalized spacial score (nSPS) is 11.3. The summed E-state index contributed by atoms with van der Waals surface area (Å²) in [6.07, 6.45) is 3.94. The van der Waals surface area contributed by atoms with Gasteiger partial charge in [-0.3, -0.25) is 0 Å². The van der Waals surface area contributed by atoms with E-state index in [9.17, 15) is 5.11 Å². The van der Waals surface area contributed by atoms with Crippen LogP contribution in [0.2, 0.25) is 0 Å². The molecule has 0 aliphatic heterocycles. The predicted molar refractivity (Wildman–Crippen MR) is 124 cm³/mol. The fourth-order valence-corrected chi connectivity index (χ4v) is 3.72. The SMILES string of the molecule is Oc1cc2oc(-c3ccccc3)c(-c3ccccc3)c2cc1/C=C/c1ccccc1. The van der Waals surface area contributed by atoms with E-state index in [4.69, 9.17) is 4.42 Å². The van der Waals surface area contributed by atoms with Gasteiger partial charge in [0, 0.05) is 28.1 Å². The van der Waals surface area contributed by atoms with E-state index >= 15 is 0 Å². The van der Waals surface area contributed by atoms with Gasteiger partial charge in [0.2, 0.25) is 0 Å². The Balaban J connectivity index is 1.72. The lowest BCUT2D eigenvalue weighted by atomic mass is 9.97. The zero-order chi connectivity index (χ0) is 20.3. The average molecular weight is 388 g/mol. The Hall–Kier alpha value is -4.04. The summed E-state index contributed by atoms with van der Waals surface area (Å²) in [5, 5.41) is 11.6. The van der Waals surface area contributed by atoms with Crippen LogP contribution in [0.1, 0.15) is 11.1 Å². The molecule has 0 amide bonds. The van der Waals surface area contributed by atoms with E-state index in [2.05, 4.69) is 12.1 Å². The van der Waals surface area contributed by atoms with Gasteiger partial charge in [0.15, 0.2) is 0 Å². The molecule has 0 saturated carbocycles. The first-order valence-electron chi connectivity index (χ1n) is 9.93. The van der Waals surface area contributed by atoms with Crippen LogP contribution < -0.4 is 0 Å². The van der Waals surface area contributed by atoms with Crippen molar-refractivity contribution in [3.8, 4) is 28.2 Å². The van der Waals surface area contributed by atoms with Crippen LogP contribution in [-0.2, 0) is 0 Å². The van der Waals surface area contributed by atoms with E-state index in [-0.39, 0.29) is 5.75 Å². The molecule has 2 nitrogen and oxygen atoms in total. The fraction of sp³-hybridized carbons (Fsp3) is 0. The lowest BCUT2D eigenvalue weighted by molar-refractivity contribution is 0.473. The van der Waals surface area contributed by atoms with E-state index in [1.165, 1.54) is 0 Å². The van der Waals surface area contributed by atoms with Crippen LogP contribution in [0.5, 0.6) is 5.75 Å². The summed E-state index contributed by atoms with van der Waals surface area (Å²) < 4.78 is 6.25. The second-order valence-electron chi connectivity index (χ2n) is 7.19. The van der Waals surface area contributed by atoms with Crippen molar-refractivity contribution >= 4 is 23.1 Å². The van der Waals surface area contributed by atoms with Gasteiger partial charge in [0.1, 0.15) is 17.1 Å². The highest BCUT2D eigenvalue weighted by atomic mass is 16.3. The smallest absolute Gasteiger partial charge is 0.143 e. The quantitative estimate of drug-likeness (QED) is 0.321. The van der Waals surface area contributed by atoms with E-state index < -0.39 is 0 Å². The molecule has 30 heavy (non-hydrogen) atoms. The first-order valence-corrected chi connectivity index (χ1v) is 9.93. The van der Waals surface area contributed by atoms with Crippen molar-refractivity contribution in [2.75, 3.05) is 0 Å². The van der Waals surface area contributed by atoms with Gasteiger partial charge in [0.05, 0.1) is 0 Å². The first-order chi connectivity index (χ1) is 14.8. The van der Waals surface area contributed by atoms with Crippen molar-refractivity contribution < 1.29 is 9.52 Å². The standard InChI is InChI=1S/C28H20O2/c29-25-19-26-24(18-23(25)17-16-20-10-4-1-5-11-20)27(21-12-6-2-7-13-21)28(30-26)22-14-8-3-9-15-22/h1-19,29H/b17-16+. The lowest BCUT2D eigenvalue weighted by Gasteiger charge is -2.05. The van der Waals surface area contributed by atoms with Gasteiger partial charge >= 0.3 is 0 Å². The fourth-order valence-electron chi connectivity index (χ4n) is 3.72. The minimum absolute atomic E-state index is 0.197. The van der Waals surface area contributed by atoms with Crippen LogP contribution in [0.15, 0.2) is 108 Å². The number of furan rings is 1. The first kappa shape index (κ1) is 18.0. The third-order valence-corrected chi connectivity index (χ3v) is 5.19. The monoisotopic (exact) mass is 388 g/mol. The van der Waals surface area contributed by atoms with Gasteiger partial charge in [-0.2, -0.15) is 0 Å². The summed E-state index contributed by atoms with van der Waals surface area (Å²) in [6.45, 7) is 0. The second-order valence-corrected chi connectivity index (χ2v) is 7.19. The average Bonchev–Trinajstić information content (AvgIpc) is 3.17. The summed E-state index contributed by atoms with van der Waals surface area (Å²) in [5.74, 6) is 1.00. The zero-order valence-corrected chi connectivity index (χ0v) is 16.3. The van der Waals surface area contributed by atoms with E-state index in [0.29, 0.717) is 5.58 Å². The van der Waals surface area contributed by atoms with Gasteiger partial charge in [-0.25, -0.2) is 0 Å². The molecule has 2 heteroatoms. The van der Waals surface area contributed by atoms with Crippen LogP contribution in [0.25, 0.3) is 45.6 Å². The van der Waals surface area contributed by atoms with Crippen molar-refractivity contribution in [1.29, 1.82) is 0 Å². The minimum atomic E-state index is 0.197. The Labute approximate surface area is 175 Å². The zero-order valence-electron chi connectivity index (χ0n) is 16.3. The highest BCUT2D eigenvalue weighted by Gasteiger charge is 2.19. The van der Waals surface area contributed by atoms with Crippen molar-refractivity contribution in [3.63, 3.8) is 0 Å². The molecule has 0 fully saturated rings. The van der Waals surface area contributed by atoms with Crippen LogP contribution in [0.4, 0.5) is 0 Å². The van der Waals surface area contributed by atoms with E-state index in [0.717, 1.165) is 39.0 Å². The van der Waals surface area contributed by atoms with Gasteiger partial charge in [0.25, 0.3) is 0 Å². The molecule has 0 aliphatic rings. The summed E-state index contributed by atoms with van der Waals surface area (Å²) in [7, 11) is 0. The minimum Gasteiger partial charge on any atom is -0.507 e. The van der Waals surface area contributed by atoms with Gasteiger partial charge < -0.3 is 9.52 Å². The van der Waals surface area contributed by atoms with Gasteiger partial charge in [-0.05, 0) is 17.2 Å². The lowest BCUT2D eigenvalue weighted by Crippen LogP contribution is -1.81. The molecule has 0 atom stereocenters. The van der Waals surface area contributed by atoms with Crippen molar-refractivity contribution in [3.05, 3.63) is 114 Å². The van der Waals surface area contributed by atoms with Crippen LogP contribution in [0.3, 0.4) is 0 Å². The Morgan fingerprint density at radius 3 is 1.90 bits per heavy atom. The topological polar surface area (TPSA) is 33.4 Å². The molecule has 0 aliphatic carbocycles. The van der Waals surface area contributed by atoms with E-state index in [1.807, 2.05) is 97.1 Å². The number of phenols is 1. The van der Waals surface area contributed by atoms with Crippen LogP contribution in [-0.4, -0.2) is 5.11 Å². The summed E-state index contributed by atoms with van der Waals surface area (Å²) in [4.78, 5) is 0. The number of fused-ring (bicyclic) bond motifs is 1. The molecule has 1 aromatic heterocycles. The van der Waals surface area contributed by atoms with E-state index in [1.54, 1.807) is 6.07 Å². The molecule has 1 heterocycles. The molecular weight excluding hydrogens is 368 g/mol. The third kappa shape index (κ3) is 3.40. The molecule has 144 valence electrons. The number of aromatic hydroxyl groups is 1. The summed E-state index contributed by atoms with van der Waals surface area (Å²) >= 11 is 0. The van der Waals surface area contributed by atoms with Crippen molar-refractivity contribution in [2.45, 2.75) is 0 Å². The van der Waals surface area contributed by atoms with Gasteiger partial charge in [-0.1, -0.05) is 103 Å². The summed E-state index contributed by atoms with van der Waals surface area (Å²) in [5.41, 5.74) is 5.63. The molecule has 0 saturated heterocycles. The maximum absolute atomic E-state index is 10.6. The van der Waals surface area contributed by atoms with Crippen LogP contribution >= 0.6 is 0 Å².